The zero-order valence-electron chi connectivity index (χ0n) is 15.1. The molecule has 2 aromatic rings. The van der Waals surface area contributed by atoms with Gasteiger partial charge >= 0.3 is 0 Å². The number of hydrogen-bond acceptors (Lipinski definition) is 3. The van der Waals surface area contributed by atoms with Crippen LogP contribution in [0.2, 0.25) is 0 Å². The molecule has 0 saturated heterocycles. The molecule has 1 heterocycles. The predicted octanol–water partition coefficient (Wildman–Crippen LogP) is 2.64. The molecule has 0 aliphatic carbocycles. The third-order valence-corrected chi connectivity index (χ3v) is 3.44. The van der Waals surface area contributed by atoms with Crippen LogP contribution in [0.5, 0.6) is 0 Å². The van der Waals surface area contributed by atoms with Gasteiger partial charge in [-0.05, 0) is 19.4 Å². The van der Waals surface area contributed by atoms with Crippen LogP contribution in [-0.4, -0.2) is 42.0 Å². The summed E-state index contributed by atoms with van der Waals surface area (Å²) in [6, 6.07) is 10.5. The average Bonchev–Trinajstić information content (AvgIpc) is 3.01. The van der Waals surface area contributed by atoms with E-state index in [0.29, 0.717) is 13.2 Å². The van der Waals surface area contributed by atoms with Crippen molar-refractivity contribution in [3.05, 3.63) is 53.9 Å². The summed E-state index contributed by atoms with van der Waals surface area (Å²) < 4.78 is 7.09. The molecule has 2 rings (SSSR count). The zero-order valence-corrected chi connectivity index (χ0v) is 17.4. The Labute approximate surface area is 167 Å². The number of aromatic nitrogens is 2. The second-order valence-electron chi connectivity index (χ2n) is 5.73. The van der Waals surface area contributed by atoms with Crippen LogP contribution >= 0.6 is 24.0 Å². The number of guanidine groups is 1. The predicted molar refractivity (Wildman–Crippen MR) is 112 cm³/mol. The van der Waals surface area contributed by atoms with Crippen molar-refractivity contribution in [2.45, 2.75) is 33.0 Å². The molecule has 138 valence electrons. The molecule has 0 spiro atoms. The van der Waals surface area contributed by atoms with Gasteiger partial charge in [0.15, 0.2) is 5.96 Å². The first kappa shape index (κ1) is 21.4. The minimum Gasteiger partial charge on any atom is -0.383 e. The Hall–Kier alpha value is -1.61. The van der Waals surface area contributed by atoms with Crippen molar-refractivity contribution in [2.24, 2.45) is 4.99 Å². The number of nitrogens with zero attached hydrogens (tertiary/aromatic N) is 3. The monoisotopic (exact) mass is 457 g/mol. The molecule has 0 aliphatic heterocycles. The lowest BCUT2D eigenvalue weighted by molar-refractivity contribution is 0.179. The molecular weight excluding hydrogens is 429 g/mol. The SMILES string of the molecule is CCNC(=NCc1cnn(Cc2ccccc2)c1)NC(C)COC.I. The third kappa shape index (κ3) is 7.87. The maximum absolute atomic E-state index is 5.15. The van der Waals surface area contributed by atoms with Crippen molar-refractivity contribution >= 4 is 29.9 Å². The molecule has 0 radical (unpaired) electrons. The van der Waals surface area contributed by atoms with Gasteiger partial charge in [0.25, 0.3) is 0 Å². The van der Waals surface area contributed by atoms with Gasteiger partial charge in [-0.1, -0.05) is 30.3 Å². The summed E-state index contributed by atoms with van der Waals surface area (Å²) >= 11 is 0. The highest BCUT2D eigenvalue weighted by Crippen LogP contribution is 2.05. The second kappa shape index (κ2) is 11.9. The van der Waals surface area contributed by atoms with Crippen molar-refractivity contribution in [1.82, 2.24) is 20.4 Å². The summed E-state index contributed by atoms with van der Waals surface area (Å²) in [6.07, 6.45) is 3.91. The van der Waals surface area contributed by atoms with Crippen molar-refractivity contribution < 1.29 is 4.74 Å². The number of benzene rings is 1. The highest BCUT2D eigenvalue weighted by molar-refractivity contribution is 14.0. The molecule has 0 fully saturated rings. The van der Waals surface area contributed by atoms with Gasteiger partial charge in [0.1, 0.15) is 0 Å². The number of hydrogen-bond donors (Lipinski definition) is 2. The topological polar surface area (TPSA) is 63.5 Å². The Bertz CT molecular complexity index is 629. The van der Waals surface area contributed by atoms with Crippen LogP contribution in [0.4, 0.5) is 0 Å². The van der Waals surface area contributed by atoms with E-state index in [4.69, 9.17) is 4.74 Å². The summed E-state index contributed by atoms with van der Waals surface area (Å²) in [5.41, 5.74) is 2.32. The van der Waals surface area contributed by atoms with Crippen LogP contribution in [-0.2, 0) is 17.8 Å². The summed E-state index contributed by atoms with van der Waals surface area (Å²) in [7, 11) is 1.70. The highest BCUT2D eigenvalue weighted by Gasteiger charge is 2.05. The fraction of sp³-hybridized carbons (Fsp3) is 0.444. The summed E-state index contributed by atoms with van der Waals surface area (Å²) in [5, 5.41) is 11.0. The van der Waals surface area contributed by atoms with E-state index in [1.54, 1.807) is 7.11 Å². The van der Waals surface area contributed by atoms with E-state index >= 15 is 0 Å². The summed E-state index contributed by atoms with van der Waals surface area (Å²) in [6.45, 7) is 6.93. The van der Waals surface area contributed by atoms with Crippen molar-refractivity contribution in [1.29, 1.82) is 0 Å². The van der Waals surface area contributed by atoms with Crippen molar-refractivity contribution in [3.63, 3.8) is 0 Å². The molecule has 0 saturated carbocycles. The largest absolute Gasteiger partial charge is 0.383 e. The van der Waals surface area contributed by atoms with Gasteiger partial charge in [-0.15, -0.1) is 24.0 Å². The Balaban J connectivity index is 0.00000312. The lowest BCUT2D eigenvalue weighted by Gasteiger charge is -2.16. The zero-order chi connectivity index (χ0) is 17.2. The first-order valence-electron chi connectivity index (χ1n) is 8.30. The number of methoxy groups -OCH3 is 1. The molecular formula is C18H28IN5O. The molecule has 0 bridgehead atoms. The van der Waals surface area contributed by atoms with Crippen LogP contribution in [0.25, 0.3) is 0 Å². The maximum Gasteiger partial charge on any atom is 0.191 e. The van der Waals surface area contributed by atoms with Crippen molar-refractivity contribution in [2.75, 3.05) is 20.3 Å². The maximum atomic E-state index is 5.15. The Morgan fingerprint density at radius 2 is 2.04 bits per heavy atom. The number of halogens is 1. The Morgan fingerprint density at radius 1 is 1.28 bits per heavy atom. The molecule has 0 amide bonds. The number of ether oxygens (including phenoxy) is 1. The molecule has 7 heteroatoms. The van der Waals surface area contributed by atoms with E-state index in [0.717, 1.165) is 24.6 Å². The lowest BCUT2D eigenvalue weighted by Crippen LogP contribution is -2.43. The van der Waals surface area contributed by atoms with Crippen LogP contribution < -0.4 is 10.6 Å². The molecule has 6 nitrogen and oxygen atoms in total. The first-order valence-corrected chi connectivity index (χ1v) is 8.30. The van der Waals surface area contributed by atoms with Crippen LogP contribution in [0.15, 0.2) is 47.7 Å². The van der Waals surface area contributed by atoms with Gasteiger partial charge < -0.3 is 15.4 Å². The van der Waals surface area contributed by atoms with E-state index in [1.165, 1.54) is 5.56 Å². The molecule has 25 heavy (non-hydrogen) atoms. The number of nitrogens with one attached hydrogen (secondary N) is 2. The normalized spacial score (nSPS) is 12.4. The molecule has 1 unspecified atom stereocenters. The average molecular weight is 457 g/mol. The Morgan fingerprint density at radius 3 is 2.72 bits per heavy atom. The molecule has 2 N–H and O–H groups in total. The van der Waals surface area contributed by atoms with Gasteiger partial charge in [0.2, 0.25) is 0 Å². The molecule has 1 aromatic carbocycles. The third-order valence-electron chi connectivity index (χ3n) is 3.44. The van der Waals surface area contributed by atoms with Crippen molar-refractivity contribution in [3.8, 4) is 0 Å². The summed E-state index contributed by atoms with van der Waals surface area (Å²) in [4.78, 5) is 4.61. The van der Waals surface area contributed by atoms with Crippen LogP contribution in [0.1, 0.15) is 25.0 Å². The van der Waals surface area contributed by atoms with Gasteiger partial charge in [-0.25, -0.2) is 4.99 Å². The van der Waals surface area contributed by atoms with E-state index in [-0.39, 0.29) is 30.0 Å². The van der Waals surface area contributed by atoms with Gasteiger partial charge in [0, 0.05) is 31.5 Å². The van der Waals surface area contributed by atoms with E-state index in [2.05, 4.69) is 46.7 Å². The smallest absolute Gasteiger partial charge is 0.191 e. The fourth-order valence-corrected chi connectivity index (χ4v) is 2.36. The van der Waals surface area contributed by atoms with E-state index in [1.807, 2.05) is 35.3 Å². The van der Waals surface area contributed by atoms with Gasteiger partial charge in [-0.3, -0.25) is 4.68 Å². The van der Waals surface area contributed by atoms with Crippen LogP contribution in [0.3, 0.4) is 0 Å². The van der Waals surface area contributed by atoms with Gasteiger partial charge in [0.05, 0.1) is 25.9 Å². The Kier molecular flexibility index (Phi) is 10.2. The number of aliphatic imine (C=N–C) groups is 1. The molecule has 1 atom stereocenters. The second-order valence-corrected chi connectivity index (χ2v) is 5.73. The van der Waals surface area contributed by atoms with E-state index in [9.17, 15) is 0 Å². The molecule has 0 aliphatic rings. The minimum absolute atomic E-state index is 0. The highest BCUT2D eigenvalue weighted by atomic mass is 127. The standard InChI is InChI=1S/C18H27N5O.HI/c1-4-19-18(22-15(2)14-24-3)20-10-17-11-21-23(13-17)12-16-8-6-5-7-9-16;/h5-9,11,13,15H,4,10,12,14H2,1-3H3,(H2,19,20,22);1H. The quantitative estimate of drug-likeness (QED) is 0.364. The number of rotatable bonds is 8. The van der Waals surface area contributed by atoms with Gasteiger partial charge in [-0.2, -0.15) is 5.10 Å². The fourth-order valence-electron chi connectivity index (χ4n) is 2.36. The summed E-state index contributed by atoms with van der Waals surface area (Å²) in [5.74, 6) is 0.790. The first-order chi connectivity index (χ1) is 11.7. The van der Waals surface area contributed by atoms with Crippen LogP contribution in [0, 0.1) is 0 Å². The minimum atomic E-state index is 0. The molecule has 1 aromatic heterocycles. The lowest BCUT2D eigenvalue weighted by atomic mass is 10.2. The van der Waals surface area contributed by atoms with E-state index < -0.39 is 0 Å².